The Balaban J connectivity index is 2.80. The van der Waals surface area contributed by atoms with Crippen LogP contribution in [0.15, 0.2) is 12.1 Å². The quantitative estimate of drug-likeness (QED) is 0.638. The van der Waals surface area contributed by atoms with E-state index in [0.717, 1.165) is 18.6 Å². The Morgan fingerprint density at radius 3 is 2.69 bits per heavy atom. The fourth-order valence-electron chi connectivity index (χ4n) is 1.08. The van der Waals surface area contributed by atoms with E-state index in [4.69, 9.17) is 9.84 Å². The summed E-state index contributed by atoms with van der Waals surface area (Å²) in [5.74, 6) is -4.58. The van der Waals surface area contributed by atoms with Gasteiger partial charge < -0.3 is 9.84 Å². The van der Waals surface area contributed by atoms with Crippen LogP contribution in [0.4, 0.5) is 8.78 Å². The zero-order valence-corrected chi connectivity index (χ0v) is 8.80. The summed E-state index contributed by atoms with van der Waals surface area (Å²) in [5.41, 5.74) is -0.508. The molecule has 1 aromatic rings. The molecule has 1 aromatic carbocycles. The summed E-state index contributed by atoms with van der Waals surface area (Å²) in [6.45, 7) is 2.08. The van der Waals surface area contributed by atoms with Crippen molar-refractivity contribution in [3.05, 3.63) is 29.3 Å². The van der Waals surface area contributed by atoms with Gasteiger partial charge in [-0.2, -0.15) is 4.39 Å². The summed E-state index contributed by atoms with van der Waals surface area (Å²) >= 11 is 0. The average Bonchev–Trinajstić information content (AvgIpc) is 2.26. The number of hydrogen-bond donors (Lipinski definition) is 1. The lowest BCUT2D eigenvalue weighted by atomic mass is 10.2. The third-order valence-corrected chi connectivity index (χ3v) is 2.01. The van der Waals surface area contributed by atoms with Crippen molar-refractivity contribution >= 4 is 5.97 Å². The molecule has 0 saturated carbocycles. The summed E-state index contributed by atoms with van der Waals surface area (Å²) in [6, 6.07) is 1.90. The van der Waals surface area contributed by atoms with Gasteiger partial charge in [0.05, 0.1) is 12.2 Å². The lowest BCUT2D eigenvalue weighted by Gasteiger charge is -2.05. The molecule has 0 fully saturated rings. The van der Waals surface area contributed by atoms with Gasteiger partial charge in [0.1, 0.15) is 0 Å². The fraction of sp³-hybridized carbons (Fsp3) is 0.364. The molecule has 0 aliphatic carbocycles. The largest absolute Gasteiger partial charge is 0.505 e. The summed E-state index contributed by atoms with van der Waals surface area (Å²) in [4.78, 5) is 11.3. The molecule has 0 atom stereocenters. The van der Waals surface area contributed by atoms with Gasteiger partial charge >= 0.3 is 5.97 Å². The average molecular weight is 230 g/mol. The summed E-state index contributed by atoms with van der Waals surface area (Å²) in [7, 11) is 0. The highest BCUT2D eigenvalue weighted by molar-refractivity contribution is 5.89. The van der Waals surface area contributed by atoms with E-state index in [1.807, 2.05) is 6.92 Å². The molecule has 88 valence electrons. The first-order valence-electron chi connectivity index (χ1n) is 4.92. The minimum atomic E-state index is -1.44. The number of unbranched alkanes of at least 4 members (excludes halogenated alkanes) is 1. The Morgan fingerprint density at radius 2 is 2.06 bits per heavy atom. The van der Waals surface area contributed by atoms with E-state index in [1.54, 1.807) is 0 Å². The smallest absolute Gasteiger partial charge is 0.341 e. The van der Waals surface area contributed by atoms with Crippen molar-refractivity contribution in [1.29, 1.82) is 0 Å². The fourth-order valence-corrected chi connectivity index (χ4v) is 1.08. The Morgan fingerprint density at radius 1 is 1.38 bits per heavy atom. The zero-order chi connectivity index (χ0) is 12.1. The van der Waals surface area contributed by atoms with Crippen molar-refractivity contribution in [2.75, 3.05) is 6.61 Å². The molecular weight excluding hydrogens is 218 g/mol. The minimum absolute atomic E-state index is 0.164. The molecule has 0 aliphatic heterocycles. The number of phenols is 1. The van der Waals surface area contributed by atoms with Gasteiger partial charge in [0, 0.05) is 0 Å². The molecular formula is C11H12F2O3. The van der Waals surface area contributed by atoms with Crippen LogP contribution in [0.3, 0.4) is 0 Å². The van der Waals surface area contributed by atoms with E-state index >= 15 is 0 Å². The van der Waals surface area contributed by atoms with Crippen LogP contribution in [0.25, 0.3) is 0 Å². The minimum Gasteiger partial charge on any atom is -0.505 e. The topological polar surface area (TPSA) is 46.5 Å². The number of ether oxygens (including phenoxy) is 1. The van der Waals surface area contributed by atoms with E-state index in [-0.39, 0.29) is 6.61 Å². The molecule has 0 aromatic heterocycles. The molecule has 1 N–H and O–H groups in total. The molecule has 16 heavy (non-hydrogen) atoms. The summed E-state index contributed by atoms with van der Waals surface area (Å²) in [5, 5.41) is 8.85. The molecule has 0 saturated heterocycles. The van der Waals surface area contributed by atoms with E-state index < -0.39 is 28.9 Å². The van der Waals surface area contributed by atoms with Crippen molar-refractivity contribution in [2.24, 2.45) is 0 Å². The number of benzene rings is 1. The Hall–Kier alpha value is -1.65. The van der Waals surface area contributed by atoms with Crippen molar-refractivity contribution in [2.45, 2.75) is 19.8 Å². The van der Waals surface area contributed by atoms with Gasteiger partial charge in [-0.15, -0.1) is 0 Å². The van der Waals surface area contributed by atoms with Crippen LogP contribution in [0.1, 0.15) is 30.1 Å². The van der Waals surface area contributed by atoms with Gasteiger partial charge in [-0.25, -0.2) is 9.18 Å². The first-order chi connectivity index (χ1) is 7.57. The molecule has 0 heterocycles. The van der Waals surface area contributed by atoms with Gasteiger partial charge in [0.15, 0.2) is 11.6 Å². The number of carbonyl (C=O) groups excluding carboxylic acids is 1. The van der Waals surface area contributed by atoms with Gasteiger partial charge in [0.2, 0.25) is 5.82 Å². The highest BCUT2D eigenvalue weighted by Crippen LogP contribution is 2.21. The standard InChI is InChI=1S/C11H12F2O3/c1-2-3-6-16-11(15)7-4-5-8(14)10(13)9(7)12/h4-5,14H,2-3,6H2,1H3. The maximum absolute atomic E-state index is 13.2. The number of hydrogen-bond acceptors (Lipinski definition) is 3. The third kappa shape index (κ3) is 2.68. The van der Waals surface area contributed by atoms with Crippen molar-refractivity contribution in [1.82, 2.24) is 0 Å². The first kappa shape index (κ1) is 12.4. The highest BCUT2D eigenvalue weighted by atomic mass is 19.2. The van der Waals surface area contributed by atoms with Crippen LogP contribution in [-0.4, -0.2) is 17.7 Å². The van der Waals surface area contributed by atoms with Crippen LogP contribution in [0.2, 0.25) is 0 Å². The predicted octanol–water partition coefficient (Wildman–Crippen LogP) is 2.63. The molecule has 5 heteroatoms. The summed E-state index contributed by atoms with van der Waals surface area (Å²) in [6.07, 6.45) is 1.49. The van der Waals surface area contributed by atoms with Crippen LogP contribution < -0.4 is 0 Å². The van der Waals surface area contributed by atoms with Crippen LogP contribution in [0.5, 0.6) is 5.75 Å². The normalized spacial score (nSPS) is 10.2. The molecule has 0 aliphatic rings. The number of aromatic hydroxyl groups is 1. The molecule has 1 rings (SSSR count). The second-order valence-corrected chi connectivity index (χ2v) is 3.25. The molecule has 0 amide bonds. The highest BCUT2D eigenvalue weighted by Gasteiger charge is 2.19. The Bertz CT molecular complexity index is 391. The number of phenolic OH excluding ortho intramolecular Hbond substituents is 1. The number of carbonyl (C=O) groups is 1. The lowest BCUT2D eigenvalue weighted by Crippen LogP contribution is -2.09. The van der Waals surface area contributed by atoms with Crippen molar-refractivity contribution < 1.29 is 23.4 Å². The van der Waals surface area contributed by atoms with Gasteiger partial charge in [0.25, 0.3) is 0 Å². The molecule has 0 spiro atoms. The number of rotatable bonds is 4. The van der Waals surface area contributed by atoms with Crippen molar-refractivity contribution in [3.63, 3.8) is 0 Å². The first-order valence-corrected chi connectivity index (χ1v) is 4.92. The van der Waals surface area contributed by atoms with Gasteiger partial charge in [-0.3, -0.25) is 0 Å². The van der Waals surface area contributed by atoms with Crippen LogP contribution >= 0.6 is 0 Å². The summed E-state index contributed by atoms with van der Waals surface area (Å²) < 4.78 is 30.8. The van der Waals surface area contributed by atoms with Crippen molar-refractivity contribution in [3.8, 4) is 5.75 Å². The second kappa shape index (κ2) is 5.44. The van der Waals surface area contributed by atoms with Crippen LogP contribution in [-0.2, 0) is 4.74 Å². The lowest BCUT2D eigenvalue weighted by molar-refractivity contribution is 0.0493. The van der Waals surface area contributed by atoms with Crippen LogP contribution in [0, 0.1) is 11.6 Å². The molecule has 0 bridgehead atoms. The Kier molecular flexibility index (Phi) is 4.22. The second-order valence-electron chi connectivity index (χ2n) is 3.25. The SMILES string of the molecule is CCCCOC(=O)c1ccc(O)c(F)c1F. The van der Waals surface area contributed by atoms with Gasteiger partial charge in [-0.1, -0.05) is 13.3 Å². The maximum Gasteiger partial charge on any atom is 0.341 e. The Labute approximate surface area is 91.7 Å². The maximum atomic E-state index is 13.2. The molecule has 3 nitrogen and oxygen atoms in total. The predicted molar refractivity (Wildman–Crippen MR) is 53.2 cm³/mol. The van der Waals surface area contributed by atoms with E-state index in [0.29, 0.717) is 6.42 Å². The number of halogens is 2. The van der Waals surface area contributed by atoms with E-state index in [1.165, 1.54) is 0 Å². The third-order valence-electron chi connectivity index (χ3n) is 2.01. The molecule has 0 unspecified atom stereocenters. The zero-order valence-electron chi connectivity index (χ0n) is 8.80. The van der Waals surface area contributed by atoms with E-state index in [9.17, 15) is 13.6 Å². The number of esters is 1. The monoisotopic (exact) mass is 230 g/mol. The molecule has 0 radical (unpaired) electrons. The van der Waals surface area contributed by atoms with E-state index in [2.05, 4.69) is 0 Å². The van der Waals surface area contributed by atoms with Gasteiger partial charge in [-0.05, 0) is 18.6 Å².